The molecule has 42 valence electrons. The van der Waals surface area contributed by atoms with Gasteiger partial charge in [0.2, 0.25) is 0 Å². The third kappa shape index (κ3) is 3.18. The second kappa shape index (κ2) is 4.72. The SMILES string of the molecule is C1COOOC1.[Mo]. The van der Waals surface area contributed by atoms with Crippen molar-refractivity contribution in [3.63, 3.8) is 0 Å². The molecule has 1 fully saturated rings. The standard InChI is InChI=1S/C3H6O3.Mo/c1-2-4-6-5-3-1;/h1-3H2;. The van der Waals surface area contributed by atoms with Gasteiger partial charge in [-0.25, -0.2) is 9.78 Å². The third-order valence-corrected chi connectivity index (χ3v) is 0.552. The summed E-state index contributed by atoms with van der Waals surface area (Å²) in [5, 5.41) is 4.07. The maximum atomic E-state index is 4.35. The van der Waals surface area contributed by atoms with Crippen LogP contribution in [0.3, 0.4) is 0 Å². The predicted molar refractivity (Wildman–Crippen MR) is 17.6 cm³/mol. The molecule has 1 heterocycles. The molecule has 0 amide bonds. The molecule has 0 aliphatic carbocycles. The molecular weight excluding hydrogens is 180 g/mol. The zero-order chi connectivity index (χ0) is 4.24. The van der Waals surface area contributed by atoms with E-state index in [2.05, 4.69) is 14.8 Å². The summed E-state index contributed by atoms with van der Waals surface area (Å²) in [5.74, 6) is 0. The Kier molecular flexibility index (Phi) is 5.10. The fourth-order valence-corrected chi connectivity index (χ4v) is 0.279. The van der Waals surface area contributed by atoms with Crippen molar-refractivity contribution in [2.75, 3.05) is 13.2 Å². The van der Waals surface area contributed by atoms with Crippen molar-refractivity contribution in [3.8, 4) is 0 Å². The molecule has 7 heavy (non-hydrogen) atoms. The van der Waals surface area contributed by atoms with Gasteiger partial charge < -0.3 is 0 Å². The van der Waals surface area contributed by atoms with Crippen LogP contribution in [0.1, 0.15) is 6.42 Å². The third-order valence-electron chi connectivity index (χ3n) is 0.552. The zero-order valence-corrected chi connectivity index (χ0v) is 5.76. The molecule has 1 aliphatic rings. The van der Waals surface area contributed by atoms with Gasteiger partial charge in [-0.1, -0.05) is 5.04 Å². The summed E-state index contributed by atoms with van der Waals surface area (Å²) in [4.78, 5) is 8.69. The Morgan fingerprint density at radius 1 is 1.00 bits per heavy atom. The van der Waals surface area contributed by atoms with Crippen molar-refractivity contribution in [2.24, 2.45) is 0 Å². The molecule has 1 rings (SSSR count). The molecule has 0 aromatic carbocycles. The first-order valence-corrected chi connectivity index (χ1v) is 1.91. The second-order valence-corrected chi connectivity index (χ2v) is 1.07. The van der Waals surface area contributed by atoms with E-state index in [9.17, 15) is 0 Å². The van der Waals surface area contributed by atoms with Crippen LogP contribution in [0, 0.1) is 0 Å². The molecule has 1 aliphatic heterocycles. The van der Waals surface area contributed by atoms with Gasteiger partial charge in [-0.3, -0.25) is 0 Å². The average molecular weight is 186 g/mol. The number of hydrogen-bond donors (Lipinski definition) is 0. The Morgan fingerprint density at radius 3 is 1.71 bits per heavy atom. The van der Waals surface area contributed by atoms with E-state index in [1.165, 1.54) is 0 Å². The van der Waals surface area contributed by atoms with Crippen molar-refractivity contribution in [1.29, 1.82) is 0 Å². The number of rotatable bonds is 0. The van der Waals surface area contributed by atoms with Gasteiger partial charge in [-0.05, 0) is 0 Å². The first kappa shape index (κ1) is 7.57. The Balaban J connectivity index is 0.000000360. The van der Waals surface area contributed by atoms with E-state index in [0.717, 1.165) is 6.42 Å². The first-order chi connectivity index (χ1) is 3.00. The summed E-state index contributed by atoms with van der Waals surface area (Å²) in [6.45, 7) is 1.31. The number of hydrogen-bond acceptors (Lipinski definition) is 3. The van der Waals surface area contributed by atoms with Crippen LogP contribution in [-0.2, 0) is 35.9 Å². The van der Waals surface area contributed by atoms with Gasteiger partial charge in [0, 0.05) is 27.5 Å². The summed E-state index contributed by atoms with van der Waals surface area (Å²) in [7, 11) is 0. The molecule has 4 heteroatoms. The molecule has 0 atom stereocenters. The minimum absolute atomic E-state index is 0. The zero-order valence-electron chi connectivity index (χ0n) is 3.75. The Morgan fingerprint density at radius 2 is 1.57 bits per heavy atom. The molecular formula is C3H6MoO3. The monoisotopic (exact) mass is 188 g/mol. The fourth-order valence-electron chi connectivity index (χ4n) is 0.279. The van der Waals surface area contributed by atoms with Gasteiger partial charge in [0.15, 0.2) is 0 Å². The van der Waals surface area contributed by atoms with Crippen LogP contribution < -0.4 is 0 Å². The topological polar surface area (TPSA) is 27.7 Å². The average Bonchev–Trinajstić information content (AvgIpc) is 1.72. The van der Waals surface area contributed by atoms with Crippen LogP contribution in [0.15, 0.2) is 0 Å². The normalized spacial score (nSPS) is 20.6. The van der Waals surface area contributed by atoms with E-state index in [4.69, 9.17) is 0 Å². The van der Waals surface area contributed by atoms with Crippen LogP contribution in [0.25, 0.3) is 0 Å². The van der Waals surface area contributed by atoms with Crippen molar-refractivity contribution >= 4 is 0 Å². The molecule has 0 aromatic heterocycles. The Hall–Kier alpha value is 0.568. The predicted octanol–water partition coefficient (Wildman–Crippen LogP) is 0.267. The van der Waals surface area contributed by atoms with Gasteiger partial charge in [0.05, 0.1) is 13.2 Å². The molecule has 0 bridgehead atoms. The molecule has 1 saturated heterocycles. The summed E-state index contributed by atoms with van der Waals surface area (Å²) in [5.41, 5.74) is 0. The van der Waals surface area contributed by atoms with Crippen molar-refractivity contribution in [3.05, 3.63) is 0 Å². The summed E-state index contributed by atoms with van der Waals surface area (Å²) in [6.07, 6.45) is 0.931. The largest absolute Gasteiger partial charge is 0.206 e. The maximum absolute atomic E-state index is 4.35. The van der Waals surface area contributed by atoms with Crippen LogP contribution in [-0.4, -0.2) is 13.2 Å². The van der Waals surface area contributed by atoms with Crippen LogP contribution in [0.2, 0.25) is 0 Å². The van der Waals surface area contributed by atoms with Crippen molar-refractivity contribution in [1.82, 2.24) is 0 Å². The molecule has 0 aromatic rings. The molecule has 0 spiro atoms. The maximum Gasteiger partial charge on any atom is 0.0877 e. The van der Waals surface area contributed by atoms with E-state index in [0.29, 0.717) is 13.2 Å². The minimum atomic E-state index is 0. The van der Waals surface area contributed by atoms with Crippen LogP contribution >= 0.6 is 0 Å². The van der Waals surface area contributed by atoms with Gasteiger partial charge in [-0.15, -0.1) is 0 Å². The van der Waals surface area contributed by atoms with Crippen LogP contribution in [0.4, 0.5) is 0 Å². The van der Waals surface area contributed by atoms with E-state index in [1.54, 1.807) is 0 Å². The Bertz CT molecular complexity index is 25.7. The minimum Gasteiger partial charge on any atom is -0.206 e. The molecule has 0 unspecified atom stereocenters. The summed E-state index contributed by atoms with van der Waals surface area (Å²) >= 11 is 0. The van der Waals surface area contributed by atoms with E-state index < -0.39 is 0 Å². The van der Waals surface area contributed by atoms with Gasteiger partial charge in [0.25, 0.3) is 0 Å². The van der Waals surface area contributed by atoms with Gasteiger partial charge in [-0.2, -0.15) is 0 Å². The van der Waals surface area contributed by atoms with Crippen molar-refractivity contribution in [2.45, 2.75) is 6.42 Å². The molecule has 0 saturated carbocycles. The summed E-state index contributed by atoms with van der Waals surface area (Å²) < 4.78 is 0. The second-order valence-electron chi connectivity index (χ2n) is 1.07. The van der Waals surface area contributed by atoms with Crippen molar-refractivity contribution < 1.29 is 35.9 Å². The van der Waals surface area contributed by atoms with Gasteiger partial charge >= 0.3 is 0 Å². The van der Waals surface area contributed by atoms with Gasteiger partial charge in [0.1, 0.15) is 0 Å². The molecule has 0 radical (unpaired) electrons. The smallest absolute Gasteiger partial charge is 0.0877 e. The Labute approximate surface area is 56.1 Å². The first-order valence-electron chi connectivity index (χ1n) is 1.91. The molecule has 3 nitrogen and oxygen atoms in total. The van der Waals surface area contributed by atoms with Crippen LogP contribution in [0.5, 0.6) is 0 Å². The quantitative estimate of drug-likeness (QED) is 0.401. The van der Waals surface area contributed by atoms with E-state index in [1.807, 2.05) is 0 Å². The fraction of sp³-hybridized carbons (Fsp3) is 1.00. The van der Waals surface area contributed by atoms with E-state index >= 15 is 0 Å². The summed E-state index contributed by atoms with van der Waals surface area (Å²) in [6, 6.07) is 0. The van der Waals surface area contributed by atoms with E-state index in [-0.39, 0.29) is 21.1 Å². The molecule has 0 N–H and O–H groups in total.